The minimum atomic E-state index is -4.69. The van der Waals surface area contributed by atoms with E-state index in [0.29, 0.717) is 5.57 Å². The highest BCUT2D eigenvalue weighted by atomic mass is 32.2. The van der Waals surface area contributed by atoms with Crippen molar-refractivity contribution in [3.8, 4) is 28.4 Å². The molecule has 8 nitrogen and oxygen atoms in total. The van der Waals surface area contributed by atoms with Gasteiger partial charge < -0.3 is 9.47 Å². The molecule has 0 heterocycles. The lowest BCUT2D eigenvalue weighted by Gasteiger charge is -2.31. The Balaban J connectivity index is 1.44. The molecule has 0 aliphatic heterocycles. The molecule has 0 fully saturated rings. The van der Waals surface area contributed by atoms with Crippen LogP contribution in [0.1, 0.15) is 19.4 Å². The van der Waals surface area contributed by atoms with Crippen molar-refractivity contribution in [3.05, 3.63) is 129 Å². The molecule has 0 aromatic heterocycles. The summed E-state index contributed by atoms with van der Waals surface area (Å²) < 4.78 is 199. The van der Waals surface area contributed by atoms with Gasteiger partial charge in [0.1, 0.15) is 11.5 Å². The topological polar surface area (TPSA) is 127 Å². The minimum absolute atomic E-state index is 0.0326. The van der Waals surface area contributed by atoms with E-state index < -0.39 is 123 Å². The van der Waals surface area contributed by atoms with Gasteiger partial charge >= 0.3 is 0 Å². The van der Waals surface area contributed by atoms with E-state index in [0.717, 1.165) is 42.5 Å². The van der Waals surface area contributed by atoms with Gasteiger partial charge in [-0.05, 0) is 67.1 Å². The predicted octanol–water partition coefficient (Wildman–Crippen LogP) is 9.15. The molecule has 2 atom stereocenters. The fourth-order valence-corrected chi connectivity index (χ4v) is 7.07. The number of fused-ring (bicyclic) bond motifs is 2. The van der Waals surface area contributed by atoms with Gasteiger partial charge in [0.15, 0.2) is 23.3 Å². The first-order valence-corrected chi connectivity index (χ1v) is 17.9. The van der Waals surface area contributed by atoms with Crippen LogP contribution in [0.2, 0.25) is 0 Å². The summed E-state index contributed by atoms with van der Waals surface area (Å²) in [6, 6.07) is 5.41. The van der Waals surface area contributed by atoms with E-state index in [1.165, 1.54) is 26.0 Å². The smallest absolute Gasteiger partial charge is 0.294 e. The molecule has 4 aromatic rings. The van der Waals surface area contributed by atoms with Gasteiger partial charge in [0.25, 0.3) is 20.2 Å². The van der Waals surface area contributed by atoms with Crippen LogP contribution in [0.15, 0.2) is 81.3 Å². The number of aryl methyl sites for hydroxylation is 1. The molecule has 2 unspecified atom stereocenters. The summed E-state index contributed by atoms with van der Waals surface area (Å²) in [5.41, 5.74) is -3.58. The number of hydrogen-bond acceptors (Lipinski definition) is 6. The average Bonchev–Trinajstić information content (AvgIpc) is 3.08. The normalized spacial score (nSPS) is 17.5. The standard InChI is InChI=1S/C35H22F8O8S2/c1-13-8-16-11-17(52(44,45)46)4-6-19(16)22(9-13)50-34-30(40)26(36)24(27(37)31(34)41)25-28(38)32(42)35(33(43)29(25)39)51-23-10-14(2)15(3)21-12-18(53(47,48)49)5-7-20(21)23/h4-12,15,21H,1-3H3,(H,44,45,46)(H,47,48,49). The number of allylic oxidation sites excluding steroid dienone is 6. The fraction of sp³-hybridized carbons (Fsp3) is 0.143. The first-order valence-electron chi connectivity index (χ1n) is 15.0. The third-order valence-electron chi connectivity index (χ3n) is 8.78. The second kappa shape index (κ2) is 13.1. The van der Waals surface area contributed by atoms with E-state index in [-0.39, 0.29) is 21.9 Å². The highest BCUT2D eigenvalue weighted by Crippen LogP contribution is 2.45. The van der Waals surface area contributed by atoms with E-state index in [2.05, 4.69) is 0 Å². The molecule has 2 aliphatic carbocycles. The van der Waals surface area contributed by atoms with E-state index in [4.69, 9.17) is 9.47 Å². The largest absolute Gasteiger partial charge is 0.451 e. The van der Waals surface area contributed by atoms with Crippen LogP contribution in [-0.4, -0.2) is 25.9 Å². The van der Waals surface area contributed by atoms with Crippen LogP contribution in [0.5, 0.6) is 17.2 Å². The molecule has 2 aliphatic rings. The molecular weight excluding hydrogens is 764 g/mol. The Morgan fingerprint density at radius 3 is 1.70 bits per heavy atom. The van der Waals surface area contributed by atoms with Gasteiger partial charge in [-0.1, -0.05) is 30.7 Å². The van der Waals surface area contributed by atoms with Crippen LogP contribution in [0.25, 0.3) is 21.9 Å². The van der Waals surface area contributed by atoms with Crippen LogP contribution in [0.3, 0.4) is 0 Å². The zero-order chi connectivity index (χ0) is 39.1. The zero-order valence-corrected chi connectivity index (χ0v) is 28.7. The lowest BCUT2D eigenvalue weighted by Crippen LogP contribution is -2.23. The summed E-state index contributed by atoms with van der Waals surface area (Å²) in [5, 5.41) is -0.0350. The quantitative estimate of drug-likeness (QED) is 0.108. The van der Waals surface area contributed by atoms with Gasteiger partial charge in [-0.2, -0.15) is 34.4 Å². The Morgan fingerprint density at radius 2 is 1.19 bits per heavy atom. The summed E-state index contributed by atoms with van der Waals surface area (Å²) in [7, 11) is -9.37. The van der Waals surface area contributed by atoms with Crippen molar-refractivity contribution in [1.82, 2.24) is 0 Å². The average molecular weight is 787 g/mol. The Bertz CT molecular complexity index is 2590. The Kier molecular flexibility index (Phi) is 9.33. The summed E-state index contributed by atoms with van der Waals surface area (Å²) in [4.78, 5) is -1.08. The first-order chi connectivity index (χ1) is 24.6. The molecule has 0 bridgehead atoms. The first kappa shape index (κ1) is 37.7. The summed E-state index contributed by atoms with van der Waals surface area (Å²) in [6.07, 6.45) is 4.40. The van der Waals surface area contributed by atoms with Crippen molar-refractivity contribution in [3.63, 3.8) is 0 Å². The Hall–Kier alpha value is -5.04. The van der Waals surface area contributed by atoms with E-state index in [9.17, 15) is 25.9 Å². The molecule has 18 heteroatoms. The maximum Gasteiger partial charge on any atom is 0.294 e. The van der Waals surface area contributed by atoms with Gasteiger partial charge in [-0.3, -0.25) is 9.11 Å². The number of benzene rings is 4. The van der Waals surface area contributed by atoms with Crippen molar-refractivity contribution in [2.45, 2.75) is 25.7 Å². The third kappa shape index (κ3) is 6.49. The van der Waals surface area contributed by atoms with Crippen LogP contribution >= 0.6 is 0 Å². The summed E-state index contributed by atoms with van der Waals surface area (Å²) >= 11 is 0. The van der Waals surface area contributed by atoms with Gasteiger partial charge in [0.05, 0.1) is 20.9 Å². The van der Waals surface area contributed by atoms with Gasteiger partial charge in [-0.15, -0.1) is 0 Å². The lowest BCUT2D eigenvalue weighted by molar-refractivity contribution is 0.338. The van der Waals surface area contributed by atoms with Gasteiger partial charge in [0.2, 0.25) is 34.8 Å². The zero-order valence-electron chi connectivity index (χ0n) is 27.0. The molecular formula is C35H22F8O8S2. The van der Waals surface area contributed by atoms with Crippen LogP contribution < -0.4 is 9.47 Å². The third-order valence-corrected chi connectivity index (χ3v) is 10.5. The highest BCUT2D eigenvalue weighted by Gasteiger charge is 2.37. The number of hydrogen-bond donors (Lipinski definition) is 2. The molecule has 6 rings (SSSR count). The molecule has 2 N–H and O–H groups in total. The van der Waals surface area contributed by atoms with Gasteiger partial charge in [0, 0.05) is 16.9 Å². The second-order valence-corrected chi connectivity index (χ2v) is 15.0. The SMILES string of the molecule is CC1=CC(Oc2c(F)c(F)c(-c3c(F)c(F)c(Oc4cc(C)cc5cc(S(=O)(=O)O)ccc45)c(F)c3F)c(F)c2F)=C2C=CC(S(=O)(=O)O)=CC2C1C. The van der Waals surface area contributed by atoms with Crippen molar-refractivity contribution in [1.29, 1.82) is 0 Å². The van der Waals surface area contributed by atoms with Crippen LogP contribution in [0, 0.1) is 65.3 Å². The van der Waals surface area contributed by atoms with Crippen molar-refractivity contribution in [2.75, 3.05) is 0 Å². The number of halogens is 8. The lowest BCUT2D eigenvalue weighted by atomic mass is 9.76. The van der Waals surface area contributed by atoms with Crippen molar-refractivity contribution in [2.24, 2.45) is 11.8 Å². The monoisotopic (exact) mass is 786 g/mol. The van der Waals surface area contributed by atoms with Crippen LogP contribution in [0.4, 0.5) is 35.1 Å². The molecule has 0 saturated heterocycles. The fourth-order valence-electron chi connectivity index (χ4n) is 5.99. The molecule has 0 radical (unpaired) electrons. The maximum absolute atomic E-state index is 15.5. The van der Waals surface area contributed by atoms with Crippen LogP contribution in [-0.2, 0) is 20.2 Å². The number of rotatable bonds is 7. The highest BCUT2D eigenvalue weighted by molar-refractivity contribution is 7.90. The van der Waals surface area contributed by atoms with Crippen molar-refractivity contribution < 1.29 is 70.5 Å². The van der Waals surface area contributed by atoms with E-state index in [1.807, 2.05) is 0 Å². The van der Waals surface area contributed by atoms with E-state index in [1.54, 1.807) is 6.92 Å². The summed E-state index contributed by atoms with van der Waals surface area (Å²) in [6.45, 7) is 4.59. The minimum Gasteiger partial charge on any atom is -0.451 e. The van der Waals surface area contributed by atoms with Crippen molar-refractivity contribution >= 4 is 31.0 Å². The molecule has 278 valence electrons. The molecule has 0 spiro atoms. The molecule has 4 aromatic carbocycles. The van der Waals surface area contributed by atoms with Gasteiger partial charge in [-0.25, -0.2) is 17.6 Å². The Morgan fingerprint density at radius 1 is 0.660 bits per heavy atom. The number of ether oxygens (including phenoxy) is 2. The maximum atomic E-state index is 15.5. The predicted molar refractivity (Wildman–Crippen MR) is 173 cm³/mol. The molecule has 0 saturated carbocycles. The Labute approximate surface area is 295 Å². The second-order valence-electron chi connectivity index (χ2n) is 12.1. The summed E-state index contributed by atoms with van der Waals surface area (Å²) in [5.74, 6) is -25.3. The van der Waals surface area contributed by atoms with E-state index >= 15 is 35.1 Å². The molecule has 53 heavy (non-hydrogen) atoms. The molecule has 0 amide bonds.